The van der Waals surface area contributed by atoms with E-state index in [1.807, 2.05) is 0 Å². The molecule has 0 N–H and O–H groups in total. The highest BCUT2D eigenvalue weighted by molar-refractivity contribution is 6.33. The first-order valence-corrected chi connectivity index (χ1v) is 16.9. The first-order valence-electron chi connectivity index (χ1n) is 16.9. The molecule has 1 nitrogen and oxygen atoms in total. The first-order chi connectivity index (χ1) is 24.3. The molecule has 0 radical (unpaired) electrons. The standard InChI is InChI=1S/C48H28O/c1-2-14-33-32(13-1)31(30-23-26-45-43(27-30)41-21-9-11-29-12-10-22-46(49-45)47(29)41)24-25-38(33)42-28-44-36-17-4-3-15-34(36)35-16-5-7-19-39(35)48(44)40-20-8-6-18-37(40)42/h1-28H. The Balaban J connectivity index is 1.17. The van der Waals surface area contributed by atoms with Gasteiger partial charge in [0, 0.05) is 10.9 Å². The molecule has 0 aliphatic carbocycles. The van der Waals surface area contributed by atoms with Gasteiger partial charge in [0.25, 0.3) is 0 Å². The van der Waals surface area contributed by atoms with E-state index in [0.717, 1.165) is 17.1 Å². The van der Waals surface area contributed by atoms with Gasteiger partial charge >= 0.3 is 0 Å². The van der Waals surface area contributed by atoms with Gasteiger partial charge in [-0.15, -0.1) is 0 Å². The van der Waals surface area contributed by atoms with Crippen LogP contribution >= 0.6 is 0 Å². The van der Waals surface area contributed by atoms with Crippen molar-refractivity contribution >= 4 is 64.6 Å². The summed E-state index contributed by atoms with van der Waals surface area (Å²) in [5.41, 5.74) is 7.26. The Morgan fingerprint density at radius 3 is 1.55 bits per heavy atom. The second kappa shape index (κ2) is 10.0. The van der Waals surface area contributed by atoms with Crippen molar-refractivity contribution in [1.29, 1.82) is 0 Å². The van der Waals surface area contributed by atoms with E-state index in [4.69, 9.17) is 4.74 Å². The zero-order valence-electron chi connectivity index (χ0n) is 26.6. The van der Waals surface area contributed by atoms with Crippen LogP contribution in [0, 0.1) is 0 Å². The topological polar surface area (TPSA) is 9.23 Å². The minimum absolute atomic E-state index is 0.901. The second-order valence-corrected chi connectivity index (χ2v) is 13.2. The van der Waals surface area contributed by atoms with Crippen molar-refractivity contribution in [3.8, 4) is 44.9 Å². The van der Waals surface area contributed by atoms with Crippen LogP contribution < -0.4 is 4.74 Å². The maximum absolute atomic E-state index is 6.44. The summed E-state index contributed by atoms with van der Waals surface area (Å²) >= 11 is 0. The van der Waals surface area contributed by atoms with Crippen molar-refractivity contribution in [2.45, 2.75) is 0 Å². The Kier molecular flexibility index (Phi) is 5.45. The monoisotopic (exact) mass is 620 g/mol. The molecular formula is C48H28O. The predicted octanol–water partition coefficient (Wildman–Crippen LogP) is 13.7. The van der Waals surface area contributed by atoms with Gasteiger partial charge in [0.2, 0.25) is 0 Å². The van der Waals surface area contributed by atoms with Gasteiger partial charge in [-0.3, -0.25) is 0 Å². The van der Waals surface area contributed by atoms with Crippen LogP contribution in [-0.2, 0) is 0 Å². The zero-order valence-corrected chi connectivity index (χ0v) is 26.6. The molecule has 0 fully saturated rings. The molecule has 1 aliphatic heterocycles. The summed E-state index contributed by atoms with van der Waals surface area (Å²) in [6, 6.07) is 62.1. The van der Waals surface area contributed by atoms with E-state index in [2.05, 4.69) is 170 Å². The summed E-state index contributed by atoms with van der Waals surface area (Å²) in [6.45, 7) is 0. The van der Waals surface area contributed by atoms with Crippen LogP contribution in [0.3, 0.4) is 0 Å². The minimum atomic E-state index is 0.901. The Bertz CT molecular complexity index is 3020. The molecule has 1 aliphatic rings. The third-order valence-corrected chi connectivity index (χ3v) is 10.6. The molecule has 0 bridgehead atoms. The smallest absolute Gasteiger partial charge is 0.135 e. The van der Waals surface area contributed by atoms with E-state index in [1.54, 1.807) is 0 Å². The van der Waals surface area contributed by atoms with Gasteiger partial charge in [-0.2, -0.15) is 0 Å². The molecule has 0 atom stereocenters. The quantitative estimate of drug-likeness (QED) is 0.175. The average molecular weight is 621 g/mol. The van der Waals surface area contributed by atoms with Crippen LogP contribution in [0.4, 0.5) is 0 Å². The molecule has 0 aromatic heterocycles. The molecule has 49 heavy (non-hydrogen) atoms. The number of hydrogen-bond donors (Lipinski definition) is 0. The van der Waals surface area contributed by atoms with Gasteiger partial charge in [0.05, 0.1) is 0 Å². The highest BCUT2D eigenvalue weighted by Crippen LogP contribution is 2.49. The van der Waals surface area contributed by atoms with E-state index in [0.29, 0.717) is 0 Å². The molecular weight excluding hydrogens is 593 g/mol. The Labute approximate surface area is 283 Å². The van der Waals surface area contributed by atoms with Crippen LogP contribution in [-0.4, -0.2) is 0 Å². The summed E-state index contributed by atoms with van der Waals surface area (Å²) in [5, 5.41) is 15.2. The molecule has 0 unspecified atom stereocenters. The Hall–Kier alpha value is -6.44. The molecule has 1 heteroatoms. The van der Waals surface area contributed by atoms with Crippen LogP contribution in [0.15, 0.2) is 170 Å². The predicted molar refractivity (Wildman–Crippen MR) is 208 cm³/mol. The fourth-order valence-electron chi connectivity index (χ4n) is 8.51. The van der Waals surface area contributed by atoms with Gasteiger partial charge in [0.1, 0.15) is 11.5 Å². The van der Waals surface area contributed by atoms with Crippen molar-refractivity contribution in [2.75, 3.05) is 0 Å². The molecule has 11 rings (SSSR count). The third kappa shape index (κ3) is 3.76. The van der Waals surface area contributed by atoms with Gasteiger partial charge in [-0.05, 0) is 111 Å². The van der Waals surface area contributed by atoms with Gasteiger partial charge in [0.15, 0.2) is 0 Å². The van der Waals surface area contributed by atoms with Crippen molar-refractivity contribution < 1.29 is 4.74 Å². The number of benzene rings is 10. The van der Waals surface area contributed by atoms with Crippen molar-refractivity contribution in [3.63, 3.8) is 0 Å². The van der Waals surface area contributed by atoms with Crippen molar-refractivity contribution in [2.24, 2.45) is 0 Å². The fourth-order valence-corrected chi connectivity index (χ4v) is 8.51. The number of ether oxygens (including phenoxy) is 1. The van der Waals surface area contributed by atoms with Crippen LogP contribution in [0.5, 0.6) is 11.5 Å². The molecule has 10 aromatic carbocycles. The molecule has 1 heterocycles. The third-order valence-electron chi connectivity index (χ3n) is 10.6. The molecule has 226 valence electrons. The minimum Gasteiger partial charge on any atom is -0.456 e. The van der Waals surface area contributed by atoms with E-state index < -0.39 is 0 Å². The van der Waals surface area contributed by atoms with Gasteiger partial charge < -0.3 is 4.74 Å². The van der Waals surface area contributed by atoms with Crippen LogP contribution in [0.1, 0.15) is 0 Å². The maximum atomic E-state index is 6.44. The summed E-state index contributed by atoms with van der Waals surface area (Å²) in [6.07, 6.45) is 0. The SMILES string of the molecule is c1cc2c3c(cccc3c1)-c1cc(-c3ccc(-c4cc5c6ccccc6c6ccccc6c5c5ccccc45)c4ccccc34)ccc1O2. The second-order valence-electron chi connectivity index (χ2n) is 13.2. The van der Waals surface area contributed by atoms with E-state index in [1.165, 1.54) is 92.5 Å². The highest BCUT2D eigenvalue weighted by Gasteiger charge is 2.22. The lowest BCUT2D eigenvalue weighted by Gasteiger charge is -2.22. The molecule has 0 saturated carbocycles. The molecule has 0 spiro atoms. The average Bonchev–Trinajstić information content (AvgIpc) is 3.17. The summed E-state index contributed by atoms with van der Waals surface area (Å²) in [4.78, 5) is 0. The molecule has 0 amide bonds. The lowest BCUT2D eigenvalue weighted by atomic mass is 9.85. The summed E-state index contributed by atoms with van der Waals surface area (Å²) in [7, 11) is 0. The maximum Gasteiger partial charge on any atom is 0.135 e. The zero-order chi connectivity index (χ0) is 32.1. The van der Waals surface area contributed by atoms with E-state index in [9.17, 15) is 0 Å². The van der Waals surface area contributed by atoms with Crippen LogP contribution in [0.25, 0.3) is 98.0 Å². The molecule has 0 saturated heterocycles. The van der Waals surface area contributed by atoms with Crippen LogP contribution in [0.2, 0.25) is 0 Å². The Morgan fingerprint density at radius 1 is 0.265 bits per heavy atom. The lowest BCUT2D eigenvalue weighted by molar-refractivity contribution is 0.487. The van der Waals surface area contributed by atoms with Gasteiger partial charge in [-0.1, -0.05) is 146 Å². The lowest BCUT2D eigenvalue weighted by Crippen LogP contribution is -1.97. The largest absolute Gasteiger partial charge is 0.456 e. The summed E-state index contributed by atoms with van der Waals surface area (Å²) < 4.78 is 6.44. The van der Waals surface area contributed by atoms with E-state index >= 15 is 0 Å². The van der Waals surface area contributed by atoms with Crippen molar-refractivity contribution in [1.82, 2.24) is 0 Å². The normalized spacial score (nSPS) is 12.2. The first kappa shape index (κ1) is 26.6. The number of fused-ring (bicyclic) bond motifs is 11. The van der Waals surface area contributed by atoms with Gasteiger partial charge in [-0.25, -0.2) is 0 Å². The molecule has 10 aromatic rings. The fraction of sp³-hybridized carbons (Fsp3) is 0. The highest BCUT2D eigenvalue weighted by atomic mass is 16.5. The number of rotatable bonds is 2. The van der Waals surface area contributed by atoms with Crippen molar-refractivity contribution in [3.05, 3.63) is 170 Å². The number of hydrogen-bond acceptors (Lipinski definition) is 1. The Morgan fingerprint density at radius 2 is 0.816 bits per heavy atom. The van der Waals surface area contributed by atoms with E-state index in [-0.39, 0.29) is 0 Å². The summed E-state index contributed by atoms with van der Waals surface area (Å²) in [5.74, 6) is 1.82.